The Morgan fingerprint density at radius 3 is 2.61 bits per heavy atom. The van der Waals surface area contributed by atoms with Crippen LogP contribution in [-0.4, -0.2) is 61.1 Å². The molecule has 0 saturated carbocycles. The number of alkyl carbamates (subject to hydrolysis) is 1. The number of nitrogens with one attached hydrogen (secondary N) is 2. The van der Waals surface area contributed by atoms with Crippen molar-refractivity contribution >= 4 is 23.9 Å². The number of carbonyl (C=O) groups is 4. The monoisotopic (exact) mass is 391 g/mol. The van der Waals surface area contributed by atoms with Crippen molar-refractivity contribution in [3.8, 4) is 0 Å². The fourth-order valence-corrected chi connectivity index (χ4v) is 2.87. The smallest absolute Gasteiger partial charge is 0.408 e. The highest BCUT2D eigenvalue weighted by Crippen LogP contribution is 2.18. The normalized spacial score (nSPS) is 16.8. The van der Waals surface area contributed by atoms with Gasteiger partial charge in [0.25, 0.3) is 0 Å². The molecule has 0 bridgehead atoms. The van der Waals surface area contributed by atoms with Gasteiger partial charge in [0.05, 0.1) is 13.7 Å². The number of ether oxygens (including phenoxy) is 2. The third-order valence-corrected chi connectivity index (χ3v) is 4.40. The first-order chi connectivity index (χ1) is 13.4. The topological polar surface area (TPSA) is 114 Å². The van der Waals surface area contributed by atoms with Gasteiger partial charge in [-0.15, -0.1) is 0 Å². The number of likely N-dealkylation sites (tertiary alicyclic amines) is 1. The van der Waals surface area contributed by atoms with Gasteiger partial charge in [0.1, 0.15) is 18.7 Å². The largest absolute Gasteiger partial charge is 0.467 e. The quantitative estimate of drug-likeness (QED) is 0.658. The molecule has 152 valence electrons. The van der Waals surface area contributed by atoms with Crippen LogP contribution >= 0.6 is 0 Å². The zero-order valence-electron chi connectivity index (χ0n) is 16.0. The average Bonchev–Trinajstić information content (AvgIpc) is 3.20. The lowest BCUT2D eigenvalue weighted by Gasteiger charge is -2.23. The summed E-state index contributed by atoms with van der Waals surface area (Å²) in [4.78, 5) is 49.3. The van der Waals surface area contributed by atoms with Crippen molar-refractivity contribution in [2.24, 2.45) is 0 Å². The fourth-order valence-electron chi connectivity index (χ4n) is 2.87. The fraction of sp³-hybridized carbons (Fsp3) is 0.474. The van der Waals surface area contributed by atoms with Crippen LogP contribution in [0.1, 0.15) is 25.3 Å². The number of carbonyl (C=O) groups excluding carboxylic acids is 4. The molecule has 1 aromatic rings. The van der Waals surface area contributed by atoms with Crippen LogP contribution in [0.3, 0.4) is 0 Å². The standard InChI is InChI=1S/C19H25N3O6/c1-13(21-19(26)28-12-14-7-4-3-5-8-14)17(24)20-11-16(23)22-10-6-9-15(22)18(25)27-2/h3-5,7-8,13,15H,6,9-12H2,1-2H3,(H,20,24)(H,21,26)/t13-,15-/m0/s1. The van der Waals surface area contributed by atoms with Gasteiger partial charge in [0.2, 0.25) is 11.8 Å². The van der Waals surface area contributed by atoms with E-state index in [2.05, 4.69) is 10.6 Å². The molecule has 0 radical (unpaired) electrons. The summed E-state index contributed by atoms with van der Waals surface area (Å²) in [5.41, 5.74) is 0.825. The van der Waals surface area contributed by atoms with Crippen LogP contribution < -0.4 is 10.6 Å². The van der Waals surface area contributed by atoms with Gasteiger partial charge >= 0.3 is 12.1 Å². The van der Waals surface area contributed by atoms with Gasteiger partial charge in [-0.3, -0.25) is 9.59 Å². The Bertz CT molecular complexity index is 709. The van der Waals surface area contributed by atoms with Gasteiger partial charge in [0, 0.05) is 6.54 Å². The third-order valence-electron chi connectivity index (χ3n) is 4.40. The summed E-state index contributed by atoms with van der Waals surface area (Å²) < 4.78 is 9.75. The molecule has 9 nitrogen and oxygen atoms in total. The first-order valence-corrected chi connectivity index (χ1v) is 9.04. The van der Waals surface area contributed by atoms with Crippen LogP contribution in [0.25, 0.3) is 0 Å². The van der Waals surface area contributed by atoms with E-state index < -0.39 is 30.1 Å². The van der Waals surface area contributed by atoms with E-state index in [0.29, 0.717) is 19.4 Å². The van der Waals surface area contributed by atoms with Crippen molar-refractivity contribution in [1.82, 2.24) is 15.5 Å². The van der Waals surface area contributed by atoms with Crippen molar-refractivity contribution in [2.45, 2.75) is 38.5 Å². The van der Waals surface area contributed by atoms with Crippen LogP contribution in [0.2, 0.25) is 0 Å². The second-order valence-corrected chi connectivity index (χ2v) is 6.41. The van der Waals surface area contributed by atoms with E-state index in [1.165, 1.54) is 18.9 Å². The van der Waals surface area contributed by atoms with Gasteiger partial charge < -0.3 is 25.0 Å². The van der Waals surface area contributed by atoms with Crippen molar-refractivity contribution < 1.29 is 28.7 Å². The van der Waals surface area contributed by atoms with Gasteiger partial charge in [-0.25, -0.2) is 9.59 Å². The Morgan fingerprint density at radius 1 is 1.21 bits per heavy atom. The molecule has 0 aliphatic carbocycles. The molecule has 1 aromatic carbocycles. The predicted molar refractivity (Wildman–Crippen MR) is 99.0 cm³/mol. The Hall–Kier alpha value is -3.10. The number of esters is 1. The Balaban J connectivity index is 1.73. The lowest BCUT2D eigenvalue weighted by atomic mass is 10.2. The third kappa shape index (κ3) is 5.97. The zero-order chi connectivity index (χ0) is 20.5. The van der Waals surface area contributed by atoms with Crippen LogP contribution in [0.5, 0.6) is 0 Å². The number of methoxy groups -OCH3 is 1. The maximum atomic E-state index is 12.3. The van der Waals surface area contributed by atoms with Crippen LogP contribution in [0, 0.1) is 0 Å². The first-order valence-electron chi connectivity index (χ1n) is 9.04. The molecular weight excluding hydrogens is 366 g/mol. The predicted octanol–water partition coefficient (Wildman–Crippen LogP) is 0.582. The number of hydrogen-bond acceptors (Lipinski definition) is 6. The highest BCUT2D eigenvalue weighted by atomic mass is 16.5. The minimum absolute atomic E-state index is 0.0867. The molecule has 2 atom stereocenters. The second-order valence-electron chi connectivity index (χ2n) is 6.41. The number of rotatable bonds is 7. The highest BCUT2D eigenvalue weighted by Gasteiger charge is 2.34. The van der Waals surface area contributed by atoms with E-state index in [0.717, 1.165) is 5.56 Å². The first kappa shape index (κ1) is 21.2. The molecule has 1 aliphatic heterocycles. The second kappa shape index (κ2) is 10.3. The molecule has 1 heterocycles. The number of nitrogens with zero attached hydrogens (tertiary/aromatic N) is 1. The highest BCUT2D eigenvalue weighted by molar-refractivity contribution is 5.91. The Labute approximate surface area is 163 Å². The van der Waals surface area contributed by atoms with E-state index in [1.54, 1.807) is 0 Å². The van der Waals surface area contributed by atoms with Crippen molar-refractivity contribution in [1.29, 1.82) is 0 Å². The minimum Gasteiger partial charge on any atom is -0.467 e. The van der Waals surface area contributed by atoms with Crippen LogP contribution in [0.4, 0.5) is 4.79 Å². The molecule has 0 spiro atoms. The molecule has 0 aromatic heterocycles. The van der Waals surface area contributed by atoms with Crippen LogP contribution in [-0.2, 0) is 30.5 Å². The molecule has 1 aliphatic rings. The van der Waals surface area contributed by atoms with Crippen molar-refractivity contribution in [3.63, 3.8) is 0 Å². The lowest BCUT2D eigenvalue weighted by molar-refractivity contribution is -0.150. The van der Waals surface area contributed by atoms with Crippen molar-refractivity contribution in [3.05, 3.63) is 35.9 Å². The molecular formula is C19H25N3O6. The zero-order valence-corrected chi connectivity index (χ0v) is 16.0. The SMILES string of the molecule is COC(=O)[C@@H]1CCCN1C(=O)CNC(=O)[C@H](C)NC(=O)OCc1ccccc1. The van der Waals surface area contributed by atoms with Gasteiger partial charge in [-0.2, -0.15) is 0 Å². The van der Waals surface area contributed by atoms with Crippen LogP contribution in [0.15, 0.2) is 30.3 Å². The van der Waals surface area contributed by atoms with E-state index in [9.17, 15) is 19.2 Å². The van der Waals surface area contributed by atoms with E-state index >= 15 is 0 Å². The summed E-state index contributed by atoms with van der Waals surface area (Å²) in [6, 6.07) is 7.64. The van der Waals surface area contributed by atoms with Gasteiger partial charge in [-0.05, 0) is 25.3 Å². The number of hydrogen-bond donors (Lipinski definition) is 2. The van der Waals surface area contributed by atoms with Crippen molar-refractivity contribution in [2.75, 3.05) is 20.2 Å². The summed E-state index contributed by atoms with van der Waals surface area (Å²) >= 11 is 0. The van der Waals surface area contributed by atoms with E-state index in [4.69, 9.17) is 9.47 Å². The maximum Gasteiger partial charge on any atom is 0.408 e. The number of amides is 3. The molecule has 3 amide bonds. The van der Waals surface area contributed by atoms with Gasteiger partial charge in [-0.1, -0.05) is 30.3 Å². The summed E-state index contributed by atoms with van der Waals surface area (Å²) in [7, 11) is 1.27. The molecule has 1 fully saturated rings. The summed E-state index contributed by atoms with van der Waals surface area (Å²) in [6.45, 7) is 1.74. The summed E-state index contributed by atoms with van der Waals surface area (Å²) in [6.07, 6.45) is 0.505. The molecule has 2 N–H and O–H groups in total. The molecule has 1 saturated heterocycles. The van der Waals surface area contributed by atoms with Gasteiger partial charge in [0.15, 0.2) is 0 Å². The maximum absolute atomic E-state index is 12.3. The molecule has 2 rings (SSSR count). The summed E-state index contributed by atoms with van der Waals surface area (Å²) in [5, 5.41) is 4.87. The average molecular weight is 391 g/mol. The molecule has 28 heavy (non-hydrogen) atoms. The molecule has 9 heteroatoms. The Morgan fingerprint density at radius 2 is 1.93 bits per heavy atom. The summed E-state index contributed by atoms with van der Waals surface area (Å²) in [5.74, 6) is -1.37. The minimum atomic E-state index is -0.883. The number of benzene rings is 1. The lowest BCUT2D eigenvalue weighted by Crippen LogP contribution is -2.50. The molecule has 0 unspecified atom stereocenters. The van der Waals surface area contributed by atoms with E-state index in [-0.39, 0.29) is 19.1 Å². The van der Waals surface area contributed by atoms with E-state index in [1.807, 2.05) is 30.3 Å². The Kier molecular flexibility index (Phi) is 7.79.